The third-order valence-electron chi connectivity index (χ3n) is 3.88. The van der Waals surface area contributed by atoms with Gasteiger partial charge in [0.15, 0.2) is 5.96 Å². The number of hydrogen-bond acceptors (Lipinski definition) is 1. The largest absolute Gasteiger partial charge is 0.370 e. The Morgan fingerprint density at radius 2 is 1.79 bits per heavy atom. The molecule has 0 saturated carbocycles. The molecule has 14 heavy (non-hydrogen) atoms. The molecule has 2 N–H and O–H groups in total. The lowest BCUT2D eigenvalue weighted by Gasteiger charge is -2.41. The van der Waals surface area contributed by atoms with Crippen molar-refractivity contribution in [1.29, 1.82) is 0 Å². The van der Waals surface area contributed by atoms with Crippen LogP contribution in [0, 0.1) is 5.41 Å². The maximum Gasteiger partial charge on any atom is 0.190 e. The number of nitrogens with zero attached hydrogens (tertiary/aromatic N) is 2. The second-order valence-electron chi connectivity index (χ2n) is 4.28. The molecule has 1 saturated heterocycles. The Labute approximate surface area is 87.4 Å². The molecule has 0 spiro atoms. The molecule has 3 nitrogen and oxygen atoms in total. The van der Waals surface area contributed by atoms with E-state index in [1.54, 1.807) is 7.05 Å². The highest BCUT2D eigenvalue weighted by molar-refractivity contribution is 5.77. The molecule has 0 atom stereocenters. The second kappa shape index (κ2) is 4.67. The molecule has 3 heteroatoms. The van der Waals surface area contributed by atoms with Gasteiger partial charge in [-0.2, -0.15) is 0 Å². The van der Waals surface area contributed by atoms with Gasteiger partial charge >= 0.3 is 0 Å². The van der Waals surface area contributed by atoms with E-state index in [2.05, 4.69) is 23.7 Å². The van der Waals surface area contributed by atoms with Crippen LogP contribution in [0.15, 0.2) is 4.99 Å². The van der Waals surface area contributed by atoms with Crippen LogP contribution in [0.1, 0.15) is 39.5 Å². The van der Waals surface area contributed by atoms with Crippen LogP contribution in [-0.2, 0) is 0 Å². The van der Waals surface area contributed by atoms with Crippen LogP contribution >= 0.6 is 0 Å². The minimum absolute atomic E-state index is 0.574. The van der Waals surface area contributed by atoms with Crippen LogP contribution in [0.2, 0.25) is 0 Å². The van der Waals surface area contributed by atoms with Crippen LogP contribution in [-0.4, -0.2) is 31.0 Å². The standard InChI is InChI=1S/C11H23N3/c1-4-11(5-2)6-8-14(9-7-11)10(12)13-3/h4-9H2,1-3H3,(H2,12,13). The zero-order chi connectivity index (χ0) is 10.6. The molecule has 0 aromatic heterocycles. The van der Waals surface area contributed by atoms with Crippen molar-refractivity contribution in [2.45, 2.75) is 39.5 Å². The van der Waals surface area contributed by atoms with Gasteiger partial charge in [-0.15, -0.1) is 0 Å². The van der Waals surface area contributed by atoms with Crippen molar-refractivity contribution in [2.75, 3.05) is 20.1 Å². The van der Waals surface area contributed by atoms with Gasteiger partial charge in [-0.05, 0) is 18.3 Å². The minimum atomic E-state index is 0.574. The number of aliphatic imine (C=N–C) groups is 1. The van der Waals surface area contributed by atoms with Gasteiger partial charge in [0.2, 0.25) is 0 Å². The zero-order valence-corrected chi connectivity index (χ0v) is 9.71. The lowest BCUT2D eigenvalue weighted by Crippen LogP contribution is -2.46. The molecular weight excluding hydrogens is 174 g/mol. The Balaban J connectivity index is 2.53. The molecule has 0 amide bonds. The molecule has 0 aromatic rings. The van der Waals surface area contributed by atoms with Gasteiger partial charge in [0.1, 0.15) is 0 Å². The van der Waals surface area contributed by atoms with Crippen LogP contribution in [0.5, 0.6) is 0 Å². The third kappa shape index (κ3) is 2.20. The van der Waals surface area contributed by atoms with Crippen LogP contribution in [0.25, 0.3) is 0 Å². The second-order valence-corrected chi connectivity index (χ2v) is 4.28. The van der Waals surface area contributed by atoms with Crippen LogP contribution in [0.3, 0.4) is 0 Å². The smallest absolute Gasteiger partial charge is 0.190 e. The van der Waals surface area contributed by atoms with Crippen molar-refractivity contribution in [3.8, 4) is 0 Å². The molecule has 1 rings (SSSR count). The Hall–Kier alpha value is -0.730. The highest BCUT2D eigenvalue weighted by atomic mass is 15.2. The summed E-state index contributed by atoms with van der Waals surface area (Å²) >= 11 is 0. The van der Waals surface area contributed by atoms with E-state index in [-0.39, 0.29) is 0 Å². The average Bonchev–Trinajstić information content (AvgIpc) is 2.28. The van der Waals surface area contributed by atoms with Crippen molar-refractivity contribution >= 4 is 5.96 Å². The van der Waals surface area contributed by atoms with Crippen molar-refractivity contribution in [1.82, 2.24) is 4.90 Å². The molecule has 1 aliphatic rings. The van der Waals surface area contributed by atoms with E-state index in [1.165, 1.54) is 25.7 Å². The lowest BCUT2D eigenvalue weighted by atomic mass is 9.74. The molecule has 82 valence electrons. The number of hydrogen-bond donors (Lipinski definition) is 1. The Bertz CT molecular complexity index is 197. The van der Waals surface area contributed by atoms with Gasteiger partial charge in [0.25, 0.3) is 0 Å². The molecular formula is C11H23N3. The third-order valence-corrected chi connectivity index (χ3v) is 3.88. The van der Waals surface area contributed by atoms with Gasteiger partial charge < -0.3 is 10.6 Å². The number of piperidine rings is 1. The fourth-order valence-electron chi connectivity index (χ4n) is 2.31. The summed E-state index contributed by atoms with van der Waals surface area (Å²) in [5.41, 5.74) is 6.37. The Kier molecular flexibility index (Phi) is 3.78. The SMILES string of the molecule is CCC1(CC)CCN(C(N)=NC)CC1. The van der Waals surface area contributed by atoms with E-state index in [9.17, 15) is 0 Å². The number of guanidine groups is 1. The molecule has 1 aliphatic heterocycles. The number of likely N-dealkylation sites (tertiary alicyclic amines) is 1. The average molecular weight is 197 g/mol. The van der Waals surface area contributed by atoms with Crippen molar-refractivity contribution in [3.63, 3.8) is 0 Å². The first kappa shape index (κ1) is 11.3. The van der Waals surface area contributed by atoms with E-state index >= 15 is 0 Å². The molecule has 1 heterocycles. The summed E-state index contributed by atoms with van der Waals surface area (Å²) in [5, 5.41) is 0. The normalized spacial score (nSPS) is 22.5. The predicted molar refractivity (Wildman–Crippen MR) is 61.4 cm³/mol. The lowest BCUT2D eigenvalue weighted by molar-refractivity contribution is 0.135. The fraction of sp³-hybridized carbons (Fsp3) is 0.909. The van der Waals surface area contributed by atoms with Gasteiger partial charge in [-0.3, -0.25) is 4.99 Å². The monoisotopic (exact) mass is 197 g/mol. The fourth-order valence-corrected chi connectivity index (χ4v) is 2.31. The molecule has 0 unspecified atom stereocenters. The molecule has 0 radical (unpaired) electrons. The van der Waals surface area contributed by atoms with Crippen LogP contribution in [0.4, 0.5) is 0 Å². The quantitative estimate of drug-likeness (QED) is 0.542. The van der Waals surface area contributed by atoms with E-state index < -0.39 is 0 Å². The summed E-state index contributed by atoms with van der Waals surface area (Å²) in [4.78, 5) is 6.23. The summed E-state index contributed by atoms with van der Waals surface area (Å²) in [6.07, 6.45) is 5.10. The van der Waals surface area contributed by atoms with E-state index in [1.807, 2.05) is 0 Å². The van der Waals surface area contributed by atoms with Crippen molar-refractivity contribution in [2.24, 2.45) is 16.1 Å². The van der Waals surface area contributed by atoms with Gasteiger partial charge in [-0.25, -0.2) is 0 Å². The van der Waals surface area contributed by atoms with Crippen molar-refractivity contribution in [3.05, 3.63) is 0 Å². The Morgan fingerprint density at radius 3 is 2.14 bits per heavy atom. The molecule has 0 aliphatic carbocycles. The highest BCUT2D eigenvalue weighted by Crippen LogP contribution is 2.37. The van der Waals surface area contributed by atoms with Gasteiger partial charge in [-0.1, -0.05) is 26.7 Å². The first-order valence-corrected chi connectivity index (χ1v) is 5.64. The van der Waals surface area contributed by atoms with Crippen LogP contribution < -0.4 is 5.73 Å². The van der Waals surface area contributed by atoms with Crippen molar-refractivity contribution < 1.29 is 0 Å². The minimum Gasteiger partial charge on any atom is -0.370 e. The maximum absolute atomic E-state index is 5.80. The molecule has 0 bridgehead atoms. The number of rotatable bonds is 2. The summed E-state index contributed by atoms with van der Waals surface area (Å²) < 4.78 is 0. The predicted octanol–water partition coefficient (Wildman–Crippen LogP) is 1.83. The summed E-state index contributed by atoms with van der Waals surface area (Å²) in [7, 11) is 1.76. The Morgan fingerprint density at radius 1 is 1.29 bits per heavy atom. The molecule has 1 fully saturated rings. The van der Waals surface area contributed by atoms with Gasteiger partial charge in [0.05, 0.1) is 0 Å². The first-order chi connectivity index (χ1) is 6.67. The first-order valence-electron chi connectivity index (χ1n) is 5.64. The summed E-state index contributed by atoms with van der Waals surface area (Å²) in [5.74, 6) is 0.700. The highest BCUT2D eigenvalue weighted by Gasteiger charge is 2.31. The van der Waals surface area contributed by atoms with E-state index in [0.717, 1.165) is 13.1 Å². The maximum atomic E-state index is 5.80. The summed E-state index contributed by atoms with van der Waals surface area (Å²) in [6, 6.07) is 0. The number of nitrogens with two attached hydrogens (primary N) is 1. The van der Waals surface area contributed by atoms with Gasteiger partial charge in [0, 0.05) is 20.1 Å². The van der Waals surface area contributed by atoms with E-state index in [4.69, 9.17) is 5.73 Å². The zero-order valence-electron chi connectivity index (χ0n) is 9.71. The molecule has 0 aromatic carbocycles. The topological polar surface area (TPSA) is 41.6 Å². The summed E-state index contributed by atoms with van der Waals surface area (Å²) in [6.45, 7) is 6.75. The van der Waals surface area contributed by atoms with E-state index in [0.29, 0.717) is 11.4 Å².